The number of hydrogen-bond donors (Lipinski definition) is 3. The van der Waals surface area contributed by atoms with E-state index in [9.17, 15) is 15.0 Å². The third kappa shape index (κ3) is 7.16. The van der Waals surface area contributed by atoms with E-state index in [0.717, 1.165) is 30.1 Å². The van der Waals surface area contributed by atoms with Crippen LogP contribution in [-0.2, 0) is 4.79 Å². The van der Waals surface area contributed by atoms with Crippen molar-refractivity contribution in [1.29, 1.82) is 0 Å². The lowest BCUT2D eigenvalue weighted by molar-refractivity contribution is -0.133. The number of aliphatic hydroxyl groups is 2. The number of halogens is 1. The summed E-state index contributed by atoms with van der Waals surface area (Å²) in [5.74, 6) is 8.13. The van der Waals surface area contributed by atoms with Crippen LogP contribution in [0.25, 0.3) is 0 Å². The molecule has 4 nitrogen and oxygen atoms in total. The van der Waals surface area contributed by atoms with Gasteiger partial charge in [-0.25, -0.2) is 0 Å². The van der Waals surface area contributed by atoms with Crippen LogP contribution in [0.4, 0.5) is 0 Å². The van der Waals surface area contributed by atoms with Crippen LogP contribution in [0, 0.1) is 29.6 Å². The Balaban J connectivity index is 1.81. The van der Waals surface area contributed by atoms with Gasteiger partial charge in [0.15, 0.2) is 0 Å². The Morgan fingerprint density at radius 1 is 1.19 bits per heavy atom. The molecule has 0 bridgehead atoms. The Labute approximate surface area is 169 Å². The zero-order valence-electron chi connectivity index (χ0n) is 15.0. The fourth-order valence-corrected chi connectivity index (χ4v) is 6.39. The number of aliphatic hydroxyl groups excluding tert-OH is 2. The first-order valence-electron chi connectivity index (χ1n) is 9.37. The summed E-state index contributed by atoms with van der Waals surface area (Å²) in [7, 11) is 0. The SMILES string of the molecule is O=C(O)CSCCSC[C@@H]1[C@@H](C#C[C@@H](O)C2CCCCC2)[C@H](O)C[C@H]1Cl. The summed E-state index contributed by atoms with van der Waals surface area (Å²) in [4.78, 5) is 10.5. The maximum atomic E-state index is 10.5. The van der Waals surface area contributed by atoms with Gasteiger partial charge in [-0.15, -0.1) is 23.4 Å². The van der Waals surface area contributed by atoms with Crippen molar-refractivity contribution in [3.05, 3.63) is 0 Å². The summed E-state index contributed by atoms with van der Waals surface area (Å²) < 4.78 is 0. The van der Waals surface area contributed by atoms with Crippen molar-refractivity contribution >= 4 is 41.1 Å². The van der Waals surface area contributed by atoms with E-state index in [2.05, 4.69) is 11.8 Å². The molecule has 2 aliphatic rings. The molecule has 7 heteroatoms. The molecule has 0 aromatic carbocycles. The molecule has 0 spiro atoms. The Morgan fingerprint density at radius 3 is 2.58 bits per heavy atom. The van der Waals surface area contributed by atoms with E-state index in [0.29, 0.717) is 6.42 Å². The number of hydrogen-bond acceptors (Lipinski definition) is 5. The van der Waals surface area contributed by atoms with Crippen molar-refractivity contribution in [3.8, 4) is 11.8 Å². The van der Waals surface area contributed by atoms with Gasteiger partial charge in [0.2, 0.25) is 0 Å². The lowest BCUT2D eigenvalue weighted by atomic mass is 9.85. The highest BCUT2D eigenvalue weighted by Gasteiger charge is 2.40. The number of thioether (sulfide) groups is 2. The highest BCUT2D eigenvalue weighted by Crippen LogP contribution is 2.38. The molecule has 26 heavy (non-hydrogen) atoms. The van der Waals surface area contributed by atoms with Crippen molar-refractivity contribution in [2.24, 2.45) is 17.8 Å². The van der Waals surface area contributed by atoms with Gasteiger partial charge >= 0.3 is 5.97 Å². The molecule has 148 valence electrons. The molecule has 0 aromatic rings. The van der Waals surface area contributed by atoms with E-state index >= 15 is 0 Å². The molecule has 2 fully saturated rings. The van der Waals surface area contributed by atoms with Crippen LogP contribution in [0.2, 0.25) is 0 Å². The average Bonchev–Trinajstić information content (AvgIpc) is 2.89. The molecule has 0 saturated heterocycles. The van der Waals surface area contributed by atoms with Gasteiger partial charge < -0.3 is 15.3 Å². The summed E-state index contributed by atoms with van der Waals surface area (Å²) in [5, 5.41) is 29.2. The van der Waals surface area contributed by atoms with Gasteiger partial charge in [0.1, 0.15) is 6.10 Å². The summed E-state index contributed by atoms with van der Waals surface area (Å²) in [6.45, 7) is 0. The summed E-state index contributed by atoms with van der Waals surface area (Å²) >= 11 is 9.57. The van der Waals surface area contributed by atoms with Crippen molar-refractivity contribution in [1.82, 2.24) is 0 Å². The Kier molecular flexibility index (Phi) is 10.0. The summed E-state index contributed by atoms with van der Waals surface area (Å²) in [6, 6.07) is 0. The number of carboxylic acids is 1. The van der Waals surface area contributed by atoms with Gasteiger partial charge in [0, 0.05) is 22.8 Å². The third-order valence-corrected chi connectivity index (χ3v) is 8.03. The molecule has 0 amide bonds. The van der Waals surface area contributed by atoms with Gasteiger partial charge in [-0.05, 0) is 30.9 Å². The smallest absolute Gasteiger partial charge is 0.313 e. The van der Waals surface area contributed by atoms with E-state index in [1.165, 1.54) is 31.0 Å². The second kappa shape index (κ2) is 11.7. The normalized spacial score (nSPS) is 30.6. The molecule has 0 radical (unpaired) electrons. The van der Waals surface area contributed by atoms with Crippen LogP contribution in [0.1, 0.15) is 38.5 Å². The first-order valence-corrected chi connectivity index (χ1v) is 12.1. The standard InChI is InChI=1S/C19H29ClO4S2/c20-16-10-18(22)14(6-7-17(21)13-4-2-1-3-5-13)15(16)11-25-8-9-26-12-19(23)24/h13-18,21-22H,1-5,8-12H2,(H,23,24)/t14-,15-,16-,17-,18-/m1/s1. The molecular formula is C19H29ClO4S2. The predicted octanol–water partition coefficient (Wildman–Crippen LogP) is 3.09. The molecule has 2 saturated carbocycles. The van der Waals surface area contributed by atoms with Crippen LogP contribution in [-0.4, -0.2) is 61.9 Å². The van der Waals surface area contributed by atoms with Gasteiger partial charge in [-0.3, -0.25) is 4.79 Å². The second-order valence-corrected chi connectivity index (χ2v) is 9.98. The van der Waals surface area contributed by atoms with Gasteiger partial charge in [-0.1, -0.05) is 31.1 Å². The van der Waals surface area contributed by atoms with Crippen LogP contribution < -0.4 is 0 Å². The minimum Gasteiger partial charge on any atom is -0.481 e. The van der Waals surface area contributed by atoms with E-state index < -0.39 is 18.2 Å². The molecule has 0 aromatic heterocycles. The number of carboxylic acid groups (broad SMARTS) is 1. The lowest BCUT2D eigenvalue weighted by Crippen LogP contribution is -2.24. The van der Waals surface area contributed by atoms with Crippen LogP contribution in [0.15, 0.2) is 0 Å². The van der Waals surface area contributed by atoms with Crippen molar-refractivity contribution in [3.63, 3.8) is 0 Å². The van der Waals surface area contributed by atoms with E-state index in [-0.39, 0.29) is 28.9 Å². The third-order valence-electron chi connectivity index (χ3n) is 5.21. The van der Waals surface area contributed by atoms with Crippen molar-refractivity contribution < 1.29 is 20.1 Å². The fraction of sp³-hybridized carbons (Fsp3) is 0.842. The molecule has 3 N–H and O–H groups in total. The minimum absolute atomic E-state index is 0.102. The maximum absolute atomic E-state index is 10.5. The molecule has 5 atom stereocenters. The zero-order chi connectivity index (χ0) is 18.9. The van der Waals surface area contributed by atoms with E-state index in [1.54, 1.807) is 11.8 Å². The summed E-state index contributed by atoms with van der Waals surface area (Å²) in [6.07, 6.45) is 5.06. The van der Waals surface area contributed by atoms with Crippen LogP contribution in [0.5, 0.6) is 0 Å². The van der Waals surface area contributed by atoms with Crippen molar-refractivity contribution in [2.45, 2.75) is 56.1 Å². The average molecular weight is 421 g/mol. The molecule has 0 heterocycles. The Hall–Kier alpha value is -0.0600. The second-order valence-electron chi connectivity index (χ2n) is 7.16. The summed E-state index contributed by atoms with van der Waals surface area (Å²) in [5.41, 5.74) is 0. The number of alkyl halides is 1. The fourth-order valence-electron chi connectivity index (χ4n) is 3.72. The number of carbonyl (C=O) groups is 1. The van der Waals surface area contributed by atoms with Crippen molar-refractivity contribution in [2.75, 3.05) is 23.0 Å². The molecule has 0 unspecified atom stereocenters. The van der Waals surface area contributed by atoms with Gasteiger partial charge in [0.05, 0.1) is 17.8 Å². The van der Waals surface area contributed by atoms with Crippen LogP contribution in [0.3, 0.4) is 0 Å². The monoisotopic (exact) mass is 420 g/mol. The quantitative estimate of drug-likeness (QED) is 0.318. The topological polar surface area (TPSA) is 77.8 Å². The molecule has 0 aliphatic heterocycles. The highest BCUT2D eigenvalue weighted by atomic mass is 35.5. The largest absolute Gasteiger partial charge is 0.481 e. The molecule has 2 rings (SSSR count). The maximum Gasteiger partial charge on any atom is 0.313 e. The predicted molar refractivity (Wildman–Crippen MR) is 110 cm³/mol. The minimum atomic E-state index is -0.786. The van der Waals surface area contributed by atoms with Crippen LogP contribution >= 0.6 is 35.1 Å². The van der Waals surface area contributed by atoms with E-state index in [1.807, 2.05) is 0 Å². The zero-order valence-corrected chi connectivity index (χ0v) is 17.4. The Morgan fingerprint density at radius 2 is 1.88 bits per heavy atom. The first-order chi connectivity index (χ1) is 12.5. The lowest BCUT2D eigenvalue weighted by Gasteiger charge is -2.23. The van der Waals surface area contributed by atoms with Gasteiger partial charge in [0.25, 0.3) is 0 Å². The Bertz CT molecular complexity index is 502. The first kappa shape index (κ1) is 22.2. The van der Waals surface area contributed by atoms with Gasteiger partial charge in [-0.2, -0.15) is 11.8 Å². The number of rotatable bonds is 8. The van der Waals surface area contributed by atoms with E-state index in [4.69, 9.17) is 16.7 Å². The molecular weight excluding hydrogens is 392 g/mol. The molecule has 2 aliphatic carbocycles. The number of aliphatic carboxylic acids is 1. The highest BCUT2D eigenvalue weighted by molar-refractivity contribution is 8.03.